The predicted molar refractivity (Wildman–Crippen MR) is 286 cm³/mol. The van der Waals surface area contributed by atoms with Crippen molar-refractivity contribution in [2.45, 2.75) is 105 Å². The monoisotopic (exact) mass is 1100 g/mol. The van der Waals surface area contributed by atoms with E-state index in [9.17, 15) is 0 Å². The summed E-state index contributed by atoms with van der Waals surface area (Å²) < 4.78 is 56.3. The van der Waals surface area contributed by atoms with Crippen molar-refractivity contribution in [1.29, 1.82) is 0 Å². The minimum absolute atomic E-state index is 0. The van der Waals surface area contributed by atoms with Gasteiger partial charge in [-0.25, -0.2) is 4.98 Å². The van der Waals surface area contributed by atoms with Gasteiger partial charge < -0.3 is 13.9 Å². The number of ether oxygens (including phenoxy) is 1. The maximum Gasteiger partial charge on any atom is 0.268 e. The SMILES string of the molecule is [2H]c1c([2H])c([2H])c(-c2ccc3c(c2)n(-c2[c-]c(Oc4[c-]c5c(cc4)c4ccccc4n5-c4cc(C(C)(C)C)ccn4)ccc2)[c-][n+]3-c2c(-c3cc(C(C)(C)C)cc(C(C)(C)C)c3)cccc2C(C)(C)C)c([2H])c1[2H].[Pt]. The van der Waals surface area contributed by atoms with E-state index in [1.165, 1.54) is 16.7 Å². The van der Waals surface area contributed by atoms with Crippen LogP contribution in [-0.4, -0.2) is 14.1 Å². The molecule has 10 aromatic rings. The van der Waals surface area contributed by atoms with E-state index in [1.54, 1.807) is 0 Å². The number of aromatic nitrogens is 4. The third kappa shape index (κ3) is 9.17. The van der Waals surface area contributed by atoms with Crippen molar-refractivity contribution in [3.05, 3.63) is 198 Å². The van der Waals surface area contributed by atoms with Gasteiger partial charge in [-0.2, -0.15) is 18.2 Å². The third-order valence-corrected chi connectivity index (χ3v) is 13.1. The molecule has 0 atom stereocenters. The first-order valence-corrected chi connectivity index (χ1v) is 23.8. The van der Waals surface area contributed by atoms with E-state index in [0.717, 1.165) is 55.5 Å². The average molecular weight is 1100 g/mol. The molecule has 10 rings (SSSR count). The van der Waals surface area contributed by atoms with Gasteiger partial charge >= 0.3 is 0 Å². The summed E-state index contributed by atoms with van der Waals surface area (Å²) in [5.41, 5.74) is 11.7. The quantitative estimate of drug-likeness (QED) is 0.118. The summed E-state index contributed by atoms with van der Waals surface area (Å²) in [5.74, 6) is 1.74. The van der Waals surface area contributed by atoms with Crippen molar-refractivity contribution in [3.63, 3.8) is 0 Å². The first-order valence-electron chi connectivity index (χ1n) is 26.3. The topological polar surface area (TPSA) is 35.9 Å². The van der Waals surface area contributed by atoms with E-state index >= 15 is 0 Å². The second-order valence-electron chi connectivity index (χ2n) is 22.3. The summed E-state index contributed by atoms with van der Waals surface area (Å²) in [5, 5.41) is 2.11. The van der Waals surface area contributed by atoms with Gasteiger partial charge in [0.15, 0.2) is 0 Å². The molecule has 0 aliphatic rings. The fraction of sp³-hybridized carbons (Fsp3) is 0.250. The van der Waals surface area contributed by atoms with E-state index in [2.05, 4.69) is 177 Å². The number of hydrogen-bond acceptors (Lipinski definition) is 2. The zero-order chi connectivity index (χ0) is 53.0. The molecule has 6 heteroatoms. The molecular weight excluding hydrogens is 1040 g/mol. The fourth-order valence-electron chi connectivity index (χ4n) is 9.20. The van der Waals surface area contributed by atoms with Crippen LogP contribution >= 0.6 is 0 Å². The van der Waals surface area contributed by atoms with Crippen molar-refractivity contribution in [2.75, 3.05) is 0 Å². The Labute approximate surface area is 436 Å². The Morgan fingerprint density at radius 2 is 1.24 bits per heavy atom. The molecule has 7 aromatic carbocycles. The molecule has 0 fully saturated rings. The Morgan fingerprint density at radius 3 is 1.94 bits per heavy atom. The second-order valence-corrected chi connectivity index (χ2v) is 22.3. The molecule has 0 saturated heterocycles. The maximum absolute atomic E-state index is 8.97. The molecule has 70 heavy (non-hydrogen) atoms. The molecule has 0 unspecified atom stereocenters. The summed E-state index contributed by atoms with van der Waals surface area (Å²) in [6.07, 6.45) is 5.64. The number of imidazole rings is 1. The van der Waals surface area contributed by atoms with Crippen LogP contribution in [0.5, 0.6) is 11.5 Å². The smallest absolute Gasteiger partial charge is 0.268 e. The van der Waals surface area contributed by atoms with Crippen LogP contribution in [0.1, 0.15) is 112 Å². The summed E-state index contributed by atoms with van der Waals surface area (Å²) >= 11 is 0. The van der Waals surface area contributed by atoms with E-state index in [1.807, 2.05) is 65.4 Å². The average Bonchev–Trinajstić information content (AvgIpc) is 3.89. The number of rotatable bonds is 7. The van der Waals surface area contributed by atoms with Crippen LogP contribution in [0.3, 0.4) is 0 Å². The van der Waals surface area contributed by atoms with Crippen LogP contribution in [-0.2, 0) is 42.7 Å². The molecule has 0 spiro atoms. The molecule has 0 bridgehead atoms. The maximum atomic E-state index is 8.97. The Bertz CT molecular complexity index is 3820. The van der Waals surface area contributed by atoms with Gasteiger partial charge in [0.2, 0.25) is 0 Å². The standard InChI is InChI=1S/C64H62N4O.Pt/c1-61(2,3)45-32-33-65-59(38-45)68-55-27-17-16-24-52(55)53-30-29-50(40-57(53)68)69-49-23-18-22-48(39-49)66-41-67(56-31-28-43(36-58(56)66)42-20-14-13-15-21-42)60-51(25-19-26-54(60)64(10,11)12)44-34-46(62(4,5)6)37-47(35-44)63(7,8)9;/h13-38H,1-12H3;/q-2;/i13D,14D,15D,20D,21D;. The normalized spacial score (nSPS) is 13.5. The molecule has 3 heterocycles. The predicted octanol–water partition coefficient (Wildman–Crippen LogP) is 16.1. The summed E-state index contributed by atoms with van der Waals surface area (Å²) in [4.78, 5) is 4.86. The van der Waals surface area contributed by atoms with Gasteiger partial charge in [-0.05, 0) is 102 Å². The minimum Gasteiger partial charge on any atom is -0.510 e. The number of hydrogen-bond donors (Lipinski definition) is 0. The van der Waals surface area contributed by atoms with Crippen LogP contribution in [0, 0.1) is 18.5 Å². The van der Waals surface area contributed by atoms with Crippen molar-refractivity contribution in [2.24, 2.45) is 0 Å². The Morgan fingerprint density at radius 1 is 0.557 bits per heavy atom. The van der Waals surface area contributed by atoms with Crippen molar-refractivity contribution in [1.82, 2.24) is 14.1 Å². The van der Waals surface area contributed by atoms with Gasteiger partial charge in [-0.1, -0.05) is 186 Å². The molecule has 5 nitrogen and oxygen atoms in total. The van der Waals surface area contributed by atoms with Crippen molar-refractivity contribution in [3.8, 4) is 50.9 Å². The Hall–Kier alpha value is -6.55. The van der Waals surface area contributed by atoms with Gasteiger partial charge in [-0.15, -0.1) is 29.7 Å². The molecular formula is C64H62N4OPt-2. The first-order chi connectivity index (χ1) is 34.8. The molecule has 0 radical (unpaired) electrons. The van der Waals surface area contributed by atoms with Gasteiger partial charge in [0.1, 0.15) is 5.82 Å². The minimum atomic E-state index is -0.438. The number of para-hydroxylation sites is 2. The second kappa shape index (κ2) is 18.0. The van der Waals surface area contributed by atoms with Crippen molar-refractivity contribution >= 4 is 32.8 Å². The van der Waals surface area contributed by atoms with Gasteiger partial charge in [-0.3, -0.25) is 4.57 Å². The van der Waals surface area contributed by atoms with E-state index in [4.69, 9.17) is 16.6 Å². The van der Waals surface area contributed by atoms with Gasteiger partial charge in [0.25, 0.3) is 6.33 Å². The summed E-state index contributed by atoms with van der Waals surface area (Å²) in [6.45, 7) is 26.8. The van der Waals surface area contributed by atoms with Gasteiger partial charge in [0.05, 0.1) is 23.6 Å². The number of pyridine rings is 1. The number of fused-ring (bicyclic) bond motifs is 4. The van der Waals surface area contributed by atoms with Crippen LogP contribution in [0.25, 0.3) is 72.3 Å². The van der Waals surface area contributed by atoms with Crippen LogP contribution in [0.4, 0.5) is 0 Å². The fourth-order valence-corrected chi connectivity index (χ4v) is 9.20. The summed E-state index contributed by atoms with van der Waals surface area (Å²) in [7, 11) is 0. The molecule has 0 amide bonds. The molecule has 0 aliphatic carbocycles. The molecule has 3 aromatic heterocycles. The molecule has 0 N–H and O–H groups in total. The largest absolute Gasteiger partial charge is 0.510 e. The van der Waals surface area contributed by atoms with Crippen molar-refractivity contribution < 1.29 is 37.2 Å². The summed E-state index contributed by atoms with van der Waals surface area (Å²) in [6, 6.07) is 46.8. The third-order valence-electron chi connectivity index (χ3n) is 13.1. The van der Waals surface area contributed by atoms with Crippen LogP contribution in [0.15, 0.2) is 158 Å². The zero-order valence-corrected chi connectivity index (χ0v) is 44.4. The molecule has 0 saturated carbocycles. The van der Waals surface area contributed by atoms with E-state index in [0.29, 0.717) is 28.3 Å². The Balaban J connectivity index is 0.00000689. The zero-order valence-electron chi connectivity index (χ0n) is 47.1. The molecule has 0 aliphatic heterocycles. The van der Waals surface area contributed by atoms with Gasteiger partial charge in [0, 0.05) is 44.3 Å². The van der Waals surface area contributed by atoms with Crippen LogP contribution < -0.4 is 9.30 Å². The number of nitrogens with zero attached hydrogens (tertiary/aromatic N) is 4. The van der Waals surface area contributed by atoms with E-state index < -0.39 is 18.1 Å². The molecule has 356 valence electrons. The first kappa shape index (κ1) is 42.3. The Kier molecular flexibility index (Phi) is 10.9. The van der Waals surface area contributed by atoms with Crippen LogP contribution in [0.2, 0.25) is 0 Å². The van der Waals surface area contributed by atoms with E-state index in [-0.39, 0.29) is 60.4 Å². The number of benzene rings is 7.